The van der Waals surface area contributed by atoms with Gasteiger partial charge < -0.3 is 5.32 Å². The highest BCUT2D eigenvalue weighted by atomic mass is 79.9. The van der Waals surface area contributed by atoms with Crippen molar-refractivity contribution >= 4 is 38.3 Å². The predicted octanol–water partition coefficient (Wildman–Crippen LogP) is 4.20. The first-order valence-corrected chi connectivity index (χ1v) is 6.94. The van der Waals surface area contributed by atoms with Crippen molar-refractivity contribution in [1.29, 1.82) is 0 Å². The van der Waals surface area contributed by atoms with Gasteiger partial charge in [0.25, 0.3) is 0 Å². The SMILES string of the molecule is CC(C)[C@H](Br)C(=O)Nc1cccc2ccccc12. The molecule has 2 aromatic rings. The molecule has 0 spiro atoms. The first kappa shape index (κ1) is 13.1. The Morgan fingerprint density at radius 2 is 1.78 bits per heavy atom. The van der Waals surface area contributed by atoms with Gasteiger partial charge in [0.1, 0.15) is 0 Å². The van der Waals surface area contributed by atoms with Crippen LogP contribution in [0.3, 0.4) is 0 Å². The van der Waals surface area contributed by atoms with Crippen molar-refractivity contribution in [2.24, 2.45) is 5.92 Å². The molecule has 0 aliphatic rings. The lowest BCUT2D eigenvalue weighted by Gasteiger charge is -2.15. The molecule has 0 aliphatic carbocycles. The van der Waals surface area contributed by atoms with Crippen LogP contribution in [0.4, 0.5) is 5.69 Å². The monoisotopic (exact) mass is 305 g/mol. The fraction of sp³-hybridized carbons (Fsp3) is 0.267. The zero-order valence-electron chi connectivity index (χ0n) is 10.5. The predicted molar refractivity (Wildman–Crippen MR) is 80.1 cm³/mol. The fourth-order valence-electron chi connectivity index (χ4n) is 1.84. The van der Waals surface area contributed by atoms with Crippen molar-refractivity contribution in [3.63, 3.8) is 0 Å². The molecule has 0 aliphatic heterocycles. The lowest BCUT2D eigenvalue weighted by Crippen LogP contribution is -2.27. The summed E-state index contributed by atoms with van der Waals surface area (Å²) in [5.41, 5.74) is 0.864. The molecule has 1 atom stereocenters. The number of carbonyl (C=O) groups excluding carboxylic acids is 1. The maximum atomic E-state index is 12.0. The van der Waals surface area contributed by atoms with Gasteiger partial charge in [0.05, 0.1) is 4.83 Å². The van der Waals surface area contributed by atoms with Crippen LogP contribution >= 0.6 is 15.9 Å². The van der Waals surface area contributed by atoms with Crippen molar-refractivity contribution in [3.05, 3.63) is 42.5 Å². The second-order valence-electron chi connectivity index (χ2n) is 4.66. The Labute approximate surface area is 116 Å². The van der Waals surface area contributed by atoms with E-state index >= 15 is 0 Å². The standard InChI is InChI=1S/C15H16BrNO/c1-10(2)14(16)15(18)17-13-9-5-7-11-6-3-4-8-12(11)13/h3-10,14H,1-2H3,(H,17,18)/t14-/m0/s1. The van der Waals surface area contributed by atoms with Crippen LogP contribution < -0.4 is 5.32 Å². The second-order valence-corrected chi connectivity index (χ2v) is 5.65. The summed E-state index contributed by atoms with van der Waals surface area (Å²) >= 11 is 3.42. The first-order chi connectivity index (χ1) is 8.59. The third-order valence-electron chi connectivity index (χ3n) is 2.88. The summed E-state index contributed by atoms with van der Waals surface area (Å²) in [6, 6.07) is 14.0. The molecule has 0 saturated heterocycles. The van der Waals surface area contributed by atoms with Gasteiger partial charge in [-0.1, -0.05) is 66.2 Å². The molecule has 0 radical (unpaired) electrons. The summed E-state index contributed by atoms with van der Waals surface area (Å²) < 4.78 is 0. The van der Waals surface area contributed by atoms with E-state index in [0.29, 0.717) is 0 Å². The highest BCUT2D eigenvalue weighted by Crippen LogP contribution is 2.24. The molecule has 3 heteroatoms. The molecule has 0 bridgehead atoms. The van der Waals surface area contributed by atoms with E-state index in [4.69, 9.17) is 0 Å². The van der Waals surface area contributed by atoms with Gasteiger partial charge in [0.2, 0.25) is 5.91 Å². The van der Waals surface area contributed by atoms with E-state index in [-0.39, 0.29) is 16.7 Å². The minimum Gasteiger partial charge on any atom is -0.325 e. The number of rotatable bonds is 3. The Balaban J connectivity index is 2.30. The molecule has 0 aromatic heterocycles. The third kappa shape index (κ3) is 2.72. The number of hydrogen-bond donors (Lipinski definition) is 1. The van der Waals surface area contributed by atoms with E-state index < -0.39 is 0 Å². The molecular weight excluding hydrogens is 290 g/mol. The minimum absolute atomic E-state index is 0.00125. The molecule has 0 saturated carbocycles. The van der Waals surface area contributed by atoms with Crippen LogP contribution in [0, 0.1) is 5.92 Å². The first-order valence-electron chi connectivity index (χ1n) is 6.02. The van der Waals surface area contributed by atoms with Crippen LogP contribution in [0.1, 0.15) is 13.8 Å². The quantitative estimate of drug-likeness (QED) is 0.846. The number of anilines is 1. The number of benzene rings is 2. The van der Waals surface area contributed by atoms with Gasteiger partial charge in [-0.2, -0.15) is 0 Å². The average molecular weight is 306 g/mol. The van der Waals surface area contributed by atoms with Gasteiger partial charge in [0, 0.05) is 11.1 Å². The van der Waals surface area contributed by atoms with E-state index in [9.17, 15) is 4.79 Å². The van der Waals surface area contributed by atoms with E-state index in [1.807, 2.05) is 56.3 Å². The van der Waals surface area contributed by atoms with Crippen LogP contribution in [0.25, 0.3) is 10.8 Å². The molecule has 0 unspecified atom stereocenters. The molecule has 0 heterocycles. The zero-order valence-corrected chi connectivity index (χ0v) is 12.1. The van der Waals surface area contributed by atoms with Crippen molar-refractivity contribution in [2.75, 3.05) is 5.32 Å². The summed E-state index contributed by atoms with van der Waals surface area (Å²) in [6.45, 7) is 4.03. The van der Waals surface area contributed by atoms with Gasteiger partial charge in [-0.05, 0) is 17.4 Å². The maximum absolute atomic E-state index is 12.0. The van der Waals surface area contributed by atoms with Crippen LogP contribution in [-0.2, 0) is 4.79 Å². The number of nitrogens with one attached hydrogen (secondary N) is 1. The molecule has 18 heavy (non-hydrogen) atoms. The van der Waals surface area contributed by atoms with Crippen LogP contribution in [-0.4, -0.2) is 10.7 Å². The van der Waals surface area contributed by atoms with E-state index in [0.717, 1.165) is 16.5 Å². The largest absolute Gasteiger partial charge is 0.325 e. The van der Waals surface area contributed by atoms with Crippen LogP contribution in [0.2, 0.25) is 0 Å². The highest BCUT2D eigenvalue weighted by molar-refractivity contribution is 9.10. The second kappa shape index (κ2) is 5.53. The molecular formula is C15H16BrNO. The Bertz CT molecular complexity index is 560. The van der Waals surface area contributed by atoms with Crippen molar-refractivity contribution in [2.45, 2.75) is 18.7 Å². The van der Waals surface area contributed by atoms with E-state index in [1.54, 1.807) is 0 Å². The molecule has 2 nitrogen and oxygen atoms in total. The molecule has 1 amide bonds. The lowest BCUT2D eigenvalue weighted by atomic mass is 10.1. The maximum Gasteiger partial charge on any atom is 0.238 e. The summed E-state index contributed by atoms with van der Waals surface area (Å²) in [5, 5.41) is 5.18. The van der Waals surface area contributed by atoms with Gasteiger partial charge in [-0.25, -0.2) is 0 Å². The van der Waals surface area contributed by atoms with Crippen molar-refractivity contribution < 1.29 is 4.79 Å². The Morgan fingerprint density at radius 1 is 1.11 bits per heavy atom. The summed E-state index contributed by atoms with van der Waals surface area (Å²) in [6.07, 6.45) is 0. The lowest BCUT2D eigenvalue weighted by molar-refractivity contribution is -0.116. The molecule has 1 N–H and O–H groups in total. The van der Waals surface area contributed by atoms with Gasteiger partial charge >= 0.3 is 0 Å². The number of alkyl halides is 1. The smallest absolute Gasteiger partial charge is 0.238 e. The number of halogens is 1. The summed E-state index contributed by atoms with van der Waals surface area (Å²) in [5.74, 6) is 0.265. The van der Waals surface area contributed by atoms with Crippen molar-refractivity contribution in [3.8, 4) is 0 Å². The molecule has 2 aromatic carbocycles. The Kier molecular flexibility index (Phi) is 4.02. The van der Waals surface area contributed by atoms with Crippen LogP contribution in [0.5, 0.6) is 0 Å². The van der Waals surface area contributed by atoms with Crippen LogP contribution in [0.15, 0.2) is 42.5 Å². The van der Waals surface area contributed by atoms with Gasteiger partial charge in [0.15, 0.2) is 0 Å². The summed E-state index contributed by atoms with van der Waals surface area (Å²) in [4.78, 5) is 11.9. The van der Waals surface area contributed by atoms with Gasteiger partial charge in [-0.3, -0.25) is 4.79 Å². The van der Waals surface area contributed by atoms with E-state index in [1.165, 1.54) is 0 Å². The fourth-order valence-corrected chi connectivity index (χ4v) is 1.95. The molecule has 0 fully saturated rings. The van der Waals surface area contributed by atoms with E-state index in [2.05, 4.69) is 21.2 Å². The molecule has 2 rings (SSSR count). The normalized spacial score (nSPS) is 12.7. The topological polar surface area (TPSA) is 29.1 Å². The number of fused-ring (bicyclic) bond motifs is 1. The zero-order chi connectivity index (χ0) is 13.1. The number of amides is 1. The summed E-state index contributed by atoms with van der Waals surface area (Å²) in [7, 11) is 0. The highest BCUT2D eigenvalue weighted by Gasteiger charge is 2.18. The minimum atomic E-state index is -0.170. The van der Waals surface area contributed by atoms with Gasteiger partial charge in [-0.15, -0.1) is 0 Å². The third-order valence-corrected chi connectivity index (χ3v) is 4.36. The Hall–Kier alpha value is -1.35. The van der Waals surface area contributed by atoms with Crippen molar-refractivity contribution in [1.82, 2.24) is 0 Å². The Morgan fingerprint density at radius 3 is 2.50 bits per heavy atom. The number of hydrogen-bond acceptors (Lipinski definition) is 1. The molecule has 94 valence electrons. The number of carbonyl (C=O) groups is 1. The average Bonchev–Trinajstić information content (AvgIpc) is 2.38.